The minimum Gasteiger partial charge on any atom is -0.367 e. The summed E-state index contributed by atoms with van der Waals surface area (Å²) in [4.78, 5) is 4.83. The summed E-state index contributed by atoms with van der Waals surface area (Å²) < 4.78 is 1.20. The third-order valence-electron chi connectivity index (χ3n) is 3.47. The molecule has 0 aliphatic carbocycles. The highest BCUT2D eigenvalue weighted by atomic mass is 79.9. The topological polar surface area (TPSA) is 6.48 Å². The smallest absolute Gasteiger partial charge is 0.0417 e. The molecule has 1 saturated heterocycles. The molecule has 0 N–H and O–H groups in total. The summed E-state index contributed by atoms with van der Waals surface area (Å²) >= 11 is 7.17. The first kappa shape index (κ1) is 14.4. The summed E-state index contributed by atoms with van der Waals surface area (Å²) in [6, 6.07) is 7.36. The van der Waals surface area contributed by atoms with Gasteiger partial charge in [-0.1, -0.05) is 37.9 Å². The van der Waals surface area contributed by atoms with E-state index in [1.165, 1.54) is 35.1 Å². The van der Waals surface area contributed by atoms with E-state index in [1.54, 1.807) is 0 Å². The van der Waals surface area contributed by atoms with Crippen LogP contribution in [0, 0.1) is 0 Å². The van der Waals surface area contributed by atoms with Gasteiger partial charge in [0.2, 0.25) is 0 Å². The maximum Gasteiger partial charge on any atom is 0.0417 e. The van der Waals surface area contributed by atoms with Gasteiger partial charge in [-0.05, 0) is 44.6 Å². The molecule has 100 valence electrons. The van der Waals surface area contributed by atoms with Crippen LogP contribution in [-0.2, 0) is 5.33 Å². The van der Waals surface area contributed by atoms with Gasteiger partial charge in [-0.25, -0.2) is 0 Å². The van der Waals surface area contributed by atoms with Crippen LogP contribution in [0.3, 0.4) is 0 Å². The van der Waals surface area contributed by atoms with E-state index in [-0.39, 0.29) is 0 Å². The fourth-order valence-electron chi connectivity index (χ4n) is 2.61. The lowest BCUT2D eigenvalue weighted by atomic mass is 10.1. The molecule has 2 nitrogen and oxygen atoms in total. The highest BCUT2D eigenvalue weighted by Gasteiger charge is 2.25. The van der Waals surface area contributed by atoms with Crippen LogP contribution >= 0.6 is 31.9 Å². The number of anilines is 1. The molecule has 0 spiro atoms. The Hall–Kier alpha value is -0.0600. The normalized spacial score (nSPS) is 19.8. The predicted molar refractivity (Wildman–Crippen MR) is 85.7 cm³/mol. The molecular formula is C14H20Br2N2. The second-order valence-corrected chi connectivity index (χ2v) is 6.58. The number of rotatable bonds is 4. The third kappa shape index (κ3) is 3.28. The average Bonchev–Trinajstić information content (AvgIpc) is 2.76. The van der Waals surface area contributed by atoms with E-state index in [1.807, 2.05) is 0 Å². The van der Waals surface area contributed by atoms with Gasteiger partial charge in [0, 0.05) is 34.6 Å². The van der Waals surface area contributed by atoms with Crippen LogP contribution in [0.25, 0.3) is 0 Å². The molecule has 0 radical (unpaired) electrons. The van der Waals surface area contributed by atoms with Gasteiger partial charge in [0.1, 0.15) is 0 Å². The zero-order chi connectivity index (χ0) is 13.1. The van der Waals surface area contributed by atoms with Gasteiger partial charge < -0.3 is 9.80 Å². The van der Waals surface area contributed by atoms with Crippen LogP contribution in [0.2, 0.25) is 0 Å². The second-order valence-electron chi connectivity index (χ2n) is 5.16. The lowest BCUT2D eigenvalue weighted by Gasteiger charge is -2.29. The quantitative estimate of drug-likeness (QED) is 0.737. The van der Waals surface area contributed by atoms with Gasteiger partial charge in [-0.3, -0.25) is 0 Å². The summed E-state index contributed by atoms with van der Waals surface area (Å²) in [6.45, 7) is 2.32. The molecule has 0 aromatic heterocycles. The second kappa shape index (κ2) is 6.40. The fraction of sp³-hybridized carbons (Fsp3) is 0.571. The van der Waals surface area contributed by atoms with Crippen LogP contribution in [0.5, 0.6) is 0 Å². The summed E-state index contributed by atoms with van der Waals surface area (Å²) in [5, 5.41) is 0.898. The molecule has 1 unspecified atom stereocenters. The van der Waals surface area contributed by atoms with E-state index in [0.29, 0.717) is 6.04 Å². The largest absolute Gasteiger partial charge is 0.367 e. The molecule has 0 amide bonds. The molecule has 1 atom stereocenters. The van der Waals surface area contributed by atoms with Crippen molar-refractivity contribution < 1.29 is 0 Å². The summed E-state index contributed by atoms with van der Waals surface area (Å²) in [5.41, 5.74) is 2.65. The summed E-state index contributed by atoms with van der Waals surface area (Å²) in [7, 11) is 4.31. The Balaban J connectivity index is 2.17. The van der Waals surface area contributed by atoms with Crippen molar-refractivity contribution in [2.75, 3.05) is 32.1 Å². The number of nitrogens with zero attached hydrogens (tertiary/aromatic N) is 2. The molecule has 4 heteroatoms. The fourth-order valence-corrected chi connectivity index (χ4v) is 3.98. The summed E-state index contributed by atoms with van der Waals surface area (Å²) in [6.07, 6.45) is 2.60. The first-order valence-electron chi connectivity index (χ1n) is 6.37. The molecule has 1 aliphatic rings. The van der Waals surface area contributed by atoms with Crippen LogP contribution in [0.4, 0.5) is 5.69 Å². The molecule has 1 aliphatic heterocycles. The molecule has 18 heavy (non-hydrogen) atoms. The van der Waals surface area contributed by atoms with Crippen molar-refractivity contribution in [1.29, 1.82) is 0 Å². The number of hydrogen-bond acceptors (Lipinski definition) is 2. The molecule has 0 saturated carbocycles. The van der Waals surface area contributed by atoms with Crippen LogP contribution in [-0.4, -0.2) is 38.1 Å². The standard InChI is InChI=1S/C14H20Br2N2/c1-17(2)10-13-4-3-7-18(13)12-6-5-11(9-15)14(16)8-12/h5-6,8,13H,3-4,7,9-10H2,1-2H3. The van der Waals surface area contributed by atoms with Gasteiger partial charge in [0.05, 0.1) is 0 Å². The predicted octanol–water partition coefficient (Wildman–Crippen LogP) is 3.87. The SMILES string of the molecule is CN(C)CC1CCCN1c1ccc(CBr)c(Br)c1. The Bertz CT molecular complexity index is 407. The maximum absolute atomic E-state index is 3.66. The van der Waals surface area contributed by atoms with Crippen molar-refractivity contribution in [2.45, 2.75) is 24.2 Å². The molecule has 1 fully saturated rings. The van der Waals surface area contributed by atoms with Crippen molar-refractivity contribution in [3.8, 4) is 0 Å². The van der Waals surface area contributed by atoms with Crippen LogP contribution < -0.4 is 4.90 Å². The van der Waals surface area contributed by atoms with E-state index in [2.05, 4.69) is 74.0 Å². The van der Waals surface area contributed by atoms with Crippen LogP contribution in [0.15, 0.2) is 22.7 Å². The number of alkyl halides is 1. The minimum atomic E-state index is 0.654. The highest BCUT2D eigenvalue weighted by Crippen LogP contribution is 2.30. The summed E-state index contributed by atoms with van der Waals surface area (Å²) in [5.74, 6) is 0. The Morgan fingerprint density at radius 1 is 1.39 bits per heavy atom. The van der Waals surface area contributed by atoms with Crippen molar-refractivity contribution in [2.24, 2.45) is 0 Å². The highest BCUT2D eigenvalue weighted by molar-refractivity contribution is 9.10. The number of halogens is 2. The first-order valence-corrected chi connectivity index (χ1v) is 8.29. The number of benzene rings is 1. The Labute approximate surface area is 127 Å². The van der Waals surface area contributed by atoms with E-state index in [4.69, 9.17) is 0 Å². The van der Waals surface area contributed by atoms with Gasteiger partial charge in [0.25, 0.3) is 0 Å². The number of hydrogen-bond donors (Lipinski definition) is 0. The van der Waals surface area contributed by atoms with Crippen molar-refractivity contribution >= 4 is 37.5 Å². The molecular weight excluding hydrogens is 356 g/mol. The lowest BCUT2D eigenvalue weighted by Crippen LogP contribution is -2.37. The number of likely N-dealkylation sites (N-methyl/N-ethyl adjacent to an activating group) is 1. The van der Waals surface area contributed by atoms with Gasteiger partial charge in [-0.15, -0.1) is 0 Å². The first-order chi connectivity index (χ1) is 8.61. The monoisotopic (exact) mass is 374 g/mol. The van der Waals surface area contributed by atoms with Crippen molar-refractivity contribution in [3.63, 3.8) is 0 Å². The van der Waals surface area contributed by atoms with Gasteiger partial charge >= 0.3 is 0 Å². The van der Waals surface area contributed by atoms with Gasteiger partial charge in [-0.2, -0.15) is 0 Å². The van der Waals surface area contributed by atoms with E-state index >= 15 is 0 Å². The Kier molecular flexibility index (Phi) is 5.10. The van der Waals surface area contributed by atoms with E-state index in [0.717, 1.165) is 11.9 Å². The maximum atomic E-state index is 3.66. The average molecular weight is 376 g/mol. The van der Waals surface area contributed by atoms with E-state index < -0.39 is 0 Å². The van der Waals surface area contributed by atoms with Crippen molar-refractivity contribution in [1.82, 2.24) is 4.90 Å². The zero-order valence-corrected chi connectivity index (χ0v) is 14.2. The zero-order valence-electron chi connectivity index (χ0n) is 11.0. The lowest BCUT2D eigenvalue weighted by molar-refractivity contribution is 0.372. The Morgan fingerprint density at radius 3 is 2.78 bits per heavy atom. The minimum absolute atomic E-state index is 0.654. The van der Waals surface area contributed by atoms with Crippen LogP contribution in [0.1, 0.15) is 18.4 Å². The third-order valence-corrected chi connectivity index (χ3v) is 4.81. The molecule has 1 aromatic carbocycles. The van der Waals surface area contributed by atoms with Crippen molar-refractivity contribution in [3.05, 3.63) is 28.2 Å². The Morgan fingerprint density at radius 2 is 2.17 bits per heavy atom. The van der Waals surface area contributed by atoms with E-state index in [9.17, 15) is 0 Å². The molecule has 2 rings (SSSR count). The van der Waals surface area contributed by atoms with Gasteiger partial charge in [0.15, 0.2) is 0 Å². The molecule has 1 aromatic rings. The molecule has 1 heterocycles. The molecule has 0 bridgehead atoms.